The van der Waals surface area contributed by atoms with E-state index in [0.29, 0.717) is 0 Å². The van der Waals surface area contributed by atoms with Crippen LogP contribution in [-0.4, -0.2) is 27.3 Å². The molecular weight excluding hydrogens is 397 g/mol. The molecule has 1 aliphatic heterocycles. The second-order valence-electron chi connectivity index (χ2n) is 7.65. The fraction of sp³-hybridized carbons (Fsp3) is 0.250. The quantitative estimate of drug-likeness (QED) is 0.658. The number of amides is 1. The third-order valence-corrected chi connectivity index (χ3v) is 5.53. The van der Waals surface area contributed by atoms with Crippen LogP contribution in [0.3, 0.4) is 0 Å². The number of halogens is 1. The largest absolute Gasteiger partial charge is 0.502 e. The summed E-state index contributed by atoms with van der Waals surface area (Å²) >= 11 is 0. The standard InChI is InChI=1S/C24H24FN3O3/c1-2-6-20(18-7-4-3-5-8-18)28-16-26(15-17-9-11-19(25)12-10-17)24(31)22-23(30)21(29)13-14-27(22)28/h3-5,7-14,20,30H,2,6,15-16H2,1H3. The van der Waals surface area contributed by atoms with Gasteiger partial charge in [0.25, 0.3) is 5.91 Å². The molecule has 0 radical (unpaired) electrons. The van der Waals surface area contributed by atoms with Crippen molar-refractivity contribution in [1.82, 2.24) is 9.58 Å². The maximum atomic E-state index is 13.3. The van der Waals surface area contributed by atoms with Crippen LogP contribution in [-0.2, 0) is 6.54 Å². The normalized spacial score (nSPS) is 14.5. The van der Waals surface area contributed by atoms with Crippen molar-refractivity contribution in [2.24, 2.45) is 0 Å². The monoisotopic (exact) mass is 421 g/mol. The summed E-state index contributed by atoms with van der Waals surface area (Å²) in [5.41, 5.74) is 1.17. The lowest BCUT2D eigenvalue weighted by atomic mass is 10.0. The molecule has 1 atom stereocenters. The van der Waals surface area contributed by atoms with Crippen LogP contribution < -0.4 is 10.4 Å². The van der Waals surface area contributed by atoms with Gasteiger partial charge < -0.3 is 10.0 Å². The van der Waals surface area contributed by atoms with E-state index in [1.807, 2.05) is 35.3 Å². The van der Waals surface area contributed by atoms with Gasteiger partial charge in [0.15, 0.2) is 11.4 Å². The number of benzene rings is 2. The Kier molecular flexibility index (Phi) is 5.75. The number of carbonyl (C=O) groups is 1. The number of fused-ring (bicyclic) bond motifs is 1. The molecule has 1 aromatic heterocycles. The Bertz CT molecular complexity index is 1130. The zero-order valence-corrected chi connectivity index (χ0v) is 17.2. The van der Waals surface area contributed by atoms with Crippen LogP contribution in [0.25, 0.3) is 0 Å². The van der Waals surface area contributed by atoms with Crippen molar-refractivity contribution in [3.8, 4) is 5.75 Å². The summed E-state index contributed by atoms with van der Waals surface area (Å²) in [7, 11) is 0. The van der Waals surface area contributed by atoms with Crippen molar-refractivity contribution in [3.63, 3.8) is 0 Å². The van der Waals surface area contributed by atoms with E-state index in [4.69, 9.17) is 0 Å². The second kappa shape index (κ2) is 8.63. The molecule has 0 bridgehead atoms. The van der Waals surface area contributed by atoms with E-state index >= 15 is 0 Å². The predicted molar refractivity (Wildman–Crippen MR) is 116 cm³/mol. The fourth-order valence-electron chi connectivity index (χ4n) is 4.00. The molecule has 6 nitrogen and oxygen atoms in total. The summed E-state index contributed by atoms with van der Waals surface area (Å²) in [6.45, 7) is 2.57. The lowest BCUT2D eigenvalue weighted by Crippen LogP contribution is -2.55. The maximum Gasteiger partial charge on any atom is 0.278 e. The number of nitrogens with zero attached hydrogens (tertiary/aromatic N) is 3. The van der Waals surface area contributed by atoms with Crippen LogP contribution in [0.4, 0.5) is 4.39 Å². The molecule has 0 saturated carbocycles. The van der Waals surface area contributed by atoms with Crippen LogP contribution >= 0.6 is 0 Å². The van der Waals surface area contributed by atoms with E-state index in [9.17, 15) is 19.1 Å². The average Bonchev–Trinajstić information content (AvgIpc) is 2.78. The second-order valence-corrected chi connectivity index (χ2v) is 7.65. The van der Waals surface area contributed by atoms with Crippen LogP contribution in [0, 0.1) is 5.82 Å². The number of pyridine rings is 1. The summed E-state index contributed by atoms with van der Waals surface area (Å²) in [5.74, 6) is -1.36. The van der Waals surface area contributed by atoms with Crippen LogP contribution in [0.5, 0.6) is 5.75 Å². The highest BCUT2D eigenvalue weighted by Crippen LogP contribution is 2.30. The first kappa shape index (κ1) is 20.7. The first-order chi connectivity index (χ1) is 15.0. The van der Waals surface area contributed by atoms with E-state index in [2.05, 4.69) is 6.92 Å². The minimum absolute atomic E-state index is 0.0575. The third-order valence-electron chi connectivity index (χ3n) is 5.53. The van der Waals surface area contributed by atoms with Crippen molar-refractivity contribution in [3.05, 3.63) is 99.7 Å². The van der Waals surface area contributed by atoms with Crippen LogP contribution in [0.2, 0.25) is 0 Å². The summed E-state index contributed by atoms with van der Waals surface area (Å²) in [5, 5.41) is 12.5. The van der Waals surface area contributed by atoms with Crippen molar-refractivity contribution < 1.29 is 14.3 Å². The molecule has 3 aromatic rings. The van der Waals surface area contributed by atoms with E-state index in [0.717, 1.165) is 24.0 Å². The van der Waals surface area contributed by atoms with Gasteiger partial charge in [-0.2, -0.15) is 0 Å². The highest BCUT2D eigenvalue weighted by molar-refractivity contribution is 5.96. The van der Waals surface area contributed by atoms with Crippen LogP contribution in [0.1, 0.15) is 47.4 Å². The fourth-order valence-corrected chi connectivity index (χ4v) is 4.00. The molecule has 1 aliphatic rings. The molecule has 31 heavy (non-hydrogen) atoms. The van der Waals surface area contributed by atoms with Crippen molar-refractivity contribution in [2.45, 2.75) is 32.4 Å². The summed E-state index contributed by atoms with van der Waals surface area (Å²) in [6, 6.07) is 17.1. The lowest BCUT2D eigenvalue weighted by molar-refractivity contribution is 0.0659. The summed E-state index contributed by atoms with van der Waals surface area (Å²) in [6.07, 6.45) is 3.26. The number of aromatic hydroxyl groups is 1. The number of carbonyl (C=O) groups excluding carboxylic acids is 1. The molecule has 7 heteroatoms. The number of hydrogen-bond acceptors (Lipinski definition) is 4. The zero-order valence-electron chi connectivity index (χ0n) is 17.2. The molecule has 4 rings (SSSR count). The van der Waals surface area contributed by atoms with E-state index < -0.39 is 17.1 Å². The van der Waals surface area contributed by atoms with Gasteiger partial charge in [-0.15, -0.1) is 0 Å². The van der Waals surface area contributed by atoms with Gasteiger partial charge in [-0.3, -0.25) is 19.3 Å². The van der Waals surface area contributed by atoms with Crippen molar-refractivity contribution in [1.29, 1.82) is 0 Å². The summed E-state index contributed by atoms with van der Waals surface area (Å²) in [4.78, 5) is 26.9. The van der Waals surface area contributed by atoms with Gasteiger partial charge in [0, 0.05) is 18.8 Å². The SMILES string of the molecule is CCCC(c1ccccc1)N1CN(Cc2ccc(F)cc2)C(=O)c2c(O)c(=O)ccn21. The molecule has 160 valence electrons. The Labute approximate surface area is 179 Å². The van der Waals surface area contributed by atoms with Gasteiger partial charge in [0.05, 0.1) is 6.04 Å². The van der Waals surface area contributed by atoms with Gasteiger partial charge in [-0.1, -0.05) is 55.8 Å². The highest BCUT2D eigenvalue weighted by Gasteiger charge is 2.35. The Morgan fingerprint density at radius 2 is 1.74 bits per heavy atom. The predicted octanol–water partition coefficient (Wildman–Crippen LogP) is 3.79. The topological polar surface area (TPSA) is 65.8 Å². The molecule has 0 fully saturated rings. The smallest absolute Gasteiger partial charge is 0.278 e. The third kappa shape index (κ3) is 4.03. The maximum absolute atomic E-state index is 13.3. The Balaban J connectivity index is 1.79. The Morgan fingerprint density at radius 3 is 2.42 bits per heavy atom. The van der Waals surface area contributed by atoms with E-state index in [1.165, 1.54) is 24.4 Å². The average molecular weight is 421 g/mol. The van der Waals surface area contributed by atoms with Gasteiger partial charge in [-0.25, -0.2) is 4.39 Å². The zero-order chi connectivity index (χ0) is 22.0. The van der Waals surface area contributed by atoms with Gasteiger partial charge in [0.2, 0.25) is 5.43 Å². The molecule has 0 aliphatic carbocycles. The molecule has 1 N–H and O–H groups in total. The number of aromatic nitrogens is 1. The highest BCUT2D eigenvalue weighted by atomic mass is 19.1. The van der Waals surface area contributed by atoms with Gasteiger partial charge >= 0.3 is 0 Å². The van der Waals surface area contributed by atoms with Crippen molar-refractivity contribution >= 4 is 5.91 Å². The molecular formula is C24H24FN3O3. The molecule has 0 spiro atoms. The molecule has 1 amide bonds. The van der Waals surface area contributed by atoms with E-state index in [-0.39, 0.29) is 30.8 Å². The van der Waals surface area contributed by atoms with Crippen LogP contribution in [0.15, 0.2) is 71.7 Å². The lowest BCUT2D eigenvalue weighted by Gasteiger charge is -2.44. The van der Waals surface area contributed by atoms with Crippen molar-refractivity contribution in [2.75, 3.05) is 11.7 Å². The number of rotatable bonds is 6. The minimum Gasteiger partial charge on any atom is -0.502 e. The number of hydrogen-bond donors (Lipinski definition) is 1. The summed E-state index contributed by atoms with van der Waals surface area (Å²) < 4.78 is 14.9. The van der Waals surface area contributed by atoms with Gasteiger partial charge in [-0.05, 0) is 29.7 Å². The first-order valence-corrected chi connectivity index (χ1v) is 10.3. The molecule has 2 heterocycles. The molecule has 2 aromatic carbocycles. The molecule has 1 unspecified atom stereocenters. The van der Waals surface area contributed by atoms with E-state index in [1.54, 1.807) is 21.7 Å². The van der Waals surface area contributed by atoms with Gasteiger partial charge in [0.1, 0.15) is 12.5 Å². The Morgan fingerprint density at radius 1 is 1.03 bits per heavy atom. The molecule has 0 saturated heterocycles. The minimum atomic E-state index is -0.602. The Hall–Kier alpha value is -3.61. The first-order valence-electron chi connectivity index (χ1n) is 10.3.